The normalized spacial score (nSPS) is 23.1. The van der Waals surface area contributed by atoms with Gasteiger partial charge in [-0.2, -0.15) is 0 Å². The molecule has 0 aromatic rings. The Kier molecular flexibility index (Phi) is 9.27. The van der Waals surface area contributed by atoms with Crippen LogP contribution in [0.5, 0.6) is 0 Å². The van der Waals surface area contributed by atoms with Crippen molar-refractivity contribution < 1.29 is 19.2 Å². The van der Waals surface area contributed by atoms with Gasteiger partial charge in [0.1, 0.15) is 0 Å². The Morgan fingerprint density at radius 3 is 1.10 bits per heavy atom. The number of allylic oxidation sites excluding steroid dienone is 4. The van der Waals surface area contributed by atoms with E-state index in [4.69, 9.17) is 0 Å². The Bertz CT molecular complexity index is 77.3. The molecule has 1 aliphatic carbocycles. The van der Waals surface area contributed by atoms with Crippen molar-refractivity contribution in [1.29, 1.82) is 0 Å². The monoisotopic (exact) mass is 229 g/mol. The third-order valence-corrected chi connectivity index (χ3v) is 1.33. The average Bonchev–Trinajstić information content (AvgIpc) is 1.90. The first-order valence-electron chi connectivity index (χ1n) is 3.62. The van der Waals surface area contributed by atoms with Crippen molar-refractivity contribution in [1.82, 2.24) is 0 Å². The zero-order chi connectivity index (χ0) is 7.66. The second-order valence-electron chi connectivity index (χ2n) is 2.10. The standard InChI is InChI=1S/C8H12.CH3.Pd/c1-2-4-6-8-7-5-3-1;;/h1-2,7-8H,3-6H2;1H3;/b2-1-,8-7-;;. The van der Waals surface area contributed by atoms with Gasteiger partial charge in [0.05, 0.1) is 0 Å². The summed E-state index contributed by atoms with van der Waals surface area (Å²) in [6.45, 7) is 0. The molecule has 0 aliphatic heterocycles. The van der Waals surface area contributed by atoms with E-state index in [2.05, 4.69) is 43.5 Å². The van der Waals surface area contributed by atoms with Crippen LogP contribution in [-0.4, -0.2) is 0 Å². The molecule has 10 heavy (non-hydrogen) atoms. The van der Waals surface area contributed by atoms with Gasteiger partial charge in [0.2, 0.25) is 0 Å². The third kappa shape index (κ3) is 6.27. The topological polar surface area (TPSA) is 0 Å². The number of rotatable bonds is 0. The minimum absolute atomic E-state index is 1.23. The maximum atomic E-state index is 2.75. The van der Waals surface area contributed by atoms with E-state index in [0.29, 0.717) is 0 Å². The molecular formula is C9H15Pd. The Morgan fingerprint density at radius 2 is 0.900 bits per heavy atom. The van der Waals surface area contributed by atoms with Crippen LogP contribution < -0.4 is 0 Å². The molecule has 0 bridgehead atoms. The fraction of sp³-hybridized carbons (Fsp3) is 0.556. The molecule has 0 amide bonds. The van der Waals surface area contributed by atoms with E-state index in [1.54, 1.807) is 0 Å². The molecule has 1 aliphatic rings. The van der Waals surface area contributed by atoms with Gasteiger partial charge < -0.3 is 0 Å². The predicted octanol–water partition coefficient (Wildman–Crippen LogP) is 3.25. The molecule has 0 saturated heterocycles. The molecule has 0 heterocycles. The van der Waals surface area contributed by atoms with E-state index in [-0.39, 0.29) is 0 Å². The van der Waals surface area contributed by atoms with Gasteiger partial charge >= 0.3 is 24.6 Å². The molecule has 0 unspecified atom stereocenters. The van der Waals surface area contributed by atoms with Crippen molar-refractivity contribution in [2.75, 3.05) is 0 Å². The second kappa shape index (κ2) is 9.14. The van der Waals surface area contributed by atoms with Gasteiger partial charge in [-0.3, -0.25) is 0 Å². The summed E-state index contributed by atoms with van der Waals surface area (Å²) < 4.78 is 0. The van der Waals surface area contributed by atoms with Crippen LogP contribution in [0.3, 0.4) is 0 Å². The zero-order valence-electron chi connectivity index (χ0n) is 6.45. The van der Waals surface area contributed by atoms with Crippen LogP contribution >= 0.6 is 0 Å². The van der Waals surface area contributed by atoms with Gasteiger partial charge in [-0.1, -0.05) is 24.3 Å². The van der Waals surface area contributed by atoms with Crippen molar-refractivity contribution in [3.63, 3.8) is 0 Å². The molecule has 0 N–H and O–H groups in total. The Hall–Kier alpha value is 0.142. The van der Waals surface area contributed by atoms with E-state index in [9.17, 15) is 0 Å². The fourth-order valence-electron chi connectivity index (χ4n) is 0.856. The summed E-state index contributed by atoms with van der Waals surface area (Å²) in [6, 6.07) is 0. The fourth-order valence-corrected chi connectivity index (χ4v) is 0.856. The predicted molar refractivity (Wildman–Crippen MR) is 42.6 cm³/mol. The van der Waals surface area contributed by atoms with Crippen molar-refractivity contribution in [3.8, 4) is 0 Å². The zero-order valence-corrected chi connectivity index (χ0v) is 8.01. The molecular weight excluding hydrogens is 215 g/mol. The van der Waals surface area contributed by atoms with E-state index in [1.807, 2.05) is 5.40 Å². The Balaban J connectivity index is 0.000000371. The number of hydrogen-bond acceptors (Lipinski definition) is 0. The van der Waals surface area contributed by atoms with Gasteiger partial charge in [-0.05, 0) is 25.7 Å². The van der Waals surface area contributed by atoms with Crippen molar-refractivity contribution in [3.05, 3.63) is 24.3 Å². The van der Waals surface area contributed by atoms with E-state index < -0.39 is 0 Å². The molecule has 0 fully saturated rings. The Labute approximate surface area is 74.8 Å². The summed E-state index contributed by atoms with van der Waals surface area (Å²) in [5.74, 6) is 0. The van der Waals surface area contributed by atoms with Crippen molar-refractivity contribution >= 4 is 0 Å². The van der Waals surface area contributed by atoms with Crippen molar-refractivity contribution in [2.45, 2.75) is 31.1 Å². The maximum absolute atomic E-state index is 2.75. The van der Waals surface area contributed by atoms with Crippen LogP contribution in [0.15, 0.2) is 24.3 Å². The van der Waals surface area contributed by atoms with Gasteiger partial charge in [0, 0.05) is 0 Å². The average molecular weight is 230 g/mol. The van der Waals surface area contributed by atoms with Gasteiger partial charge in [-0.25, -0.2) is 0 Å². The van der Waals surface area contributed by atoms with Crippen LogP contribution in [0.2, 0.25) is 5.40 Å². The molecule has 0 saturated carbocycles. The molecule has 0 spiro atoms. The number of hydrogen-bond donors (Lipinski definition) is 0. The third-order valence-electron chi connectivity index (χ3n) is 1.33. The van der Waals surface area contributed by atoms with E-state index in [0.717, 1.165) is 0 Å². The molecule has 1 rings (SSSR count). The molecule has 61 valence electrons. The van der Waals surface area contributed by atoms with Gasteiger partial charge in [0.15, 0.2) is 0 Å². The first kappa shape index (κ1) is 10.1. The molecule has 0 radical (unpaired) electrons. The summed E-state index contributed by atoms with van der Waals surface area (Å²) in [6.07, 6.45) is 14.0. The van der Waals surface area contributed by atoms with Gasteiger partial charge in [-0.15, -0.1) is 0 Å². The Morgan fingerprint density at radius 1 is 0.700 bits per heavy atom. The minimum atomic E-state index is 1.23. The van der Waals surface area contributed by atoms with E-state index in [1.165, 1.54) is 25.7 Å². The molecule has 1 heteroatoms. The summed E-state index contributed by atoms with van der Waals surface area (Å²) >= 11 is 2.75. The van der Waals surface area contributed by atoms with Crippen molar-refractivity contribution in [2.24, 2.45) is 0 Å². The molecule has 0 aromatic heterocycles. The first-order chi connectivity index (χ1) is 5.00. The molecule has 0 aromatic carbocycles. The van der Waals surface area contributed by atoms with Crippen LogP contribution in [-0.2, 0) is 19.2 Å². The van der Waals surface area contributed by atoms with Crippen LogP contribution in [0.1, 0.15) is 25.7 Å². The summed E-state index contributed by atoms with van der Waals surface area (Å²) in [7, 11) is 0. The summed E-state index contributed by atoms with van der Waals surface area (Å²) in [5.41, 5.74) is 0. The quantitative estimate of drug-likeness (QED) is 0.442. The van der Waals surface area contributed by atoms with Gasteiger partial charge in [0.25, 0.3) is 0 Å². The second-order valence-corrected chi connectivity index (χ2v) is 2.10. The molecule has 0 nitrogen and oxygen atoms in total. The van der Waals surface area contributed by atoms with Crippen LogP contribution in [0.4, 0.5) is 0 Å². The summed E-state index contributed by atoms with van der Waals surface area (Å²) in [5, 5.41) is 1.85. The molecule has 0 atom stereocenters. The van der Waals surface area contributed by atoms with Crippen LogP contribution in [0, 0.1) is 0 Å². The first-order valence-corrected chi connectivity index (χ1v) is 5.17. The van der Waals surface area contributed by atoms with E-state index >= 15 is 0 Å². The summed E-state index contributed by atoms with van der Waals surface area (Å²) in [4.78, 5) is 0. The van der Waals surface area contributed by atoms with Crippen LogP contribution in [0.25, 0.3) is 0 Å². The SMILES string of the molecule is C1=C\CC/C=C\CC/1.[CH3][Pd].